The first-order chi connectivity index (χ1) is 9.51. The van der Waals surface area contributed by atoms with Gasteiger partial charge in [-0.3, -0.25) is 4.79 Å². The molecule has 0 spiro atoms. The topological polar surface area (TPSA) is 64.3 Å². The van der Waals surface area contributed by atoms with E-state index in [1.54, 1.807) is 37.4 Å². The van der Waals surface area contributed by atoms with Gasteiger partial charge in [0, 0.05) is 23.0 Å². The van der Waals surface area contributed by atoms with Crippen LogP contribution in [0.2, 0.25) is 0 Å². The molecule has 0 atom stereocenters. The van der Waals surface area contributed by atoms with Gasteiger partial charge in [-0.25, -0.2) is 0 Å². The molecule has 0 saturated carbocycles. The third kappa shape index (κ3) is 3.11. The zero-order chi connectivity index (χ0) is 14.7. The van der Waals surface area contributed by atoms with Crippen molar-refractivity contribution < 1.29 is 9.53 Å². The summed E-state index contributed by atoms with van der Waals surface area (Å²) in [6.45, 7) is 1.85. The summed E-state index contributed by atoms with van der Waals surface area (Å²) < 4.78 is 6.03. The standard InChI is InChI=1S/C15H15BrN2O2/c1-9-7-10(17)3-5-12(9)15(19)18-11-4-6-13(16)14(8-11)20-2/h3-8H,17H2,1-2H3,(H,18,19). The fourth-order valence-electron chi connectivity index (χ4n) is 1.88. The summed E-state index contributed by atoms with van der Waals surface area (Å²) in [5.41, 5.74) is 8.43. The van der Waals surface area contributed by atoms with Crippen LogP contribution in [0.4, 0.5) is 11.4 Å². The second-order valence-corrected chi connectivity index (χ2v) is 5.23. The van der Waals surface area contributed by atoms with Gasteiger partial charge in [0.2, 0.25) is 0 Å². The molecular weight excluding hydrogens is 320 g/mol. The maximum absolute atomic E-state index is 12.2. The number of nitrogen functional groups attached to an aromatic ring is 1. The van der Waals surface area contributed by atoms with Gasteiger partial charge in [-0.1, -0.05) is 0 Å². The fourth-order valence-corrected chi connectivity index (χ4v) is 2.29. The van der Waals surface area contributed by atoms with E-state index in [1.165, 1.54) is 0 Å². The Hall–Kier alpha value is -2.01. The number of amides is 1. The van der Waals surface area contributed by atoms with Gasteiger partial charge >= 0.3 is 0 Å². The van der Waals surface area contributed by atoms with Crippen molar-refractivity contribution in [2.75, 3.05) is 18.2 Å². The van der Waals surface area contributed by atoms with Gasteiger partial charge in [-0.05, 0) is 58.7 Å². The zero-order valence-electron chi connectivity index (χ0n) is 11.2. The Bertz CT molecular complexity index is 656. The molecule has 0 saturated heterocycles. The van der Waals surface area contributed by atoms with Crippen molar-refractivity contribution in [2.45, 2.75) is 6.92 Å². The maximum atomic E-state index is 12.2. The first kappa shape index (κ1) is 14.4. The minimum absolute atomic E-state index is 0.174. The monoisotopic (exact) mass is 334 g/mol. The molecule has 0 aliphatic rings. The lowest BCUT2D eigenvalue weighted by atomic mass is 10.1. The molecule has 2 aromatic rings. The molecule has 2 rings (SSSR count). The Morgan fingerprint density at radius 2 is 2.00 bits per heavy atom. The molecule has 0 radical (unpaired) electrons. The lowest BCUT2D eigenvalue weighted by molar-refractivity contribution is 0.102. The van der Waals surface area contributed by atoms with Gasteiger partial charge in [0.15, 0.2) is 0 Å². The molecule has 0 aliphatic carbocycles. The lowest BCUT2D eigenvalue weighted by Gasteiger charge is -2.10. The van der Waals surface area contributed by atoms with E-state index in [0.717, 1.165) is 10.0 Å². The number of carbonyl (C=O) groups excluding carboxylic acids is 1. The van der Waals surface area contributed by atoms with Crippen molar-refractivity contribution >= 4 is 33.2 Å². The van der Waals surface area contributed by atoms with Crippen LogP contribution in [0.5, 0.6) is 5.75 Å². The molecule has 20 heavy (non-hydrogen) atoms. The van der Waals surface area contributed by atoms with E-state index in [1.807, 2.05) is 13.0 Å². The molecule has 0 unspecified atom stereocenters. The van der Waals surface area contributed by atoms with E-state index in [0.29, 0.717) is 22.7 Å². The van der Waals surface area contributed by atoms with Crippen LogP contribution in [0.3, 0.4) is 0 Å². The maximum Gasteiger partial charge on any atom is 0.255 e. The Balaban J connectivity index is 2.23. The lowest BCUT2D eigenvalue weighted by Crippen LogP contribution is -2.13. The molecule has 3 N–H and O–H groups in total. The number of benzene rings is 2. The molecule has 0 fully saturated rings. The van der Waals surface area contributed by atoms with E-state index >= 15 is 0 Å². The summed E-state index contributed by atoms with van der Waals surface area (Å²) in [5, 5.41) is 2.84. The van der Waals surface area contributed by atoms with Crippen LogP contribution in [-0.2, 0) is 0 Å². The largest absolute Gasteiger partial charge is 0.495 e. The predicted octanol–water partition coefficient (Wildman–Crippen LogP) is 3.60. The minimum Gasteiger partial charge on any atom is -0.495 e. The van der Waals surface area contributed by atoms with E-state index < -0.39 is 0 Å². The first-order valence-corrected chi connectivity index (χ1v) is 6.81. The quantitative estimate of drug-likeness (QED) is 0.843. The first-order valence-electron chi connectivity index (χ1n) is 6.02. The highest BCUT2D eigenvalue weighted by Crippen LogP contribution is 2.28. The zero-order valence-corrected chi connectivity index (χ0v) is 12.8. The third-order valence-electron chi connectivity index (χ3n) is 2.90. The normalized spacial score (nSPS) is 10.2. The van der Waals surface area contributed by atoms with E-state index in [2.05, 4.69) is 21.2 Å². The summed E-state index contributed by atoms with van der Waals surface area (Å²) >= 11 is 3.37. The molecule has 0 aliphatic heterocycles. The molecule has 4 nitrogen and oxygen atoms in total. The Morgan fingerprint density at radius 1 is 1.25 bits per heavy atom. The average Bonchev–Trinajstić information content (AvgIpc) is 2.40. The summed E-state index contributed by atoms with van der Waals surface area (Å²) in [6, 6.07) is 10.6. The number of halogens is 1. The highest BCUT2D eigenvalue weighted by Gasteiger charge is 2.10. The Morgan fingerprint density at radius 3 is 2.65 bits per heavy atom. The van der Waals surface area contributed by atoms with Crippen LogP contribution in [0.1, 0.15) is 15.9 Å². The SMILES string of the molecule is COc1cc(NC(=O)c2ccc(N)cc2C)ccc1Br. The number of nitrogens with one attached hydrogen (secondary N) is 1. The molecule has 0 heterocycles. The highest BCUT2D eigenvalue weighted by molar-refractivity contribution is 9.10. The molecule has 0 bridgehead atoms. The molecule has 5 heteroatoms. The minimum atomic E-state index is -0.174. The van der Waals surface area contributed by atoms with Crippen LogP contribution < -0.4 is 15.8 Å². The number of aryl methyl sites for hydroxylation is 1. The van der Waals surface area contributed by atoms with Crippen molar-refractivity contribution in [3.8, 4) is 5.75 Å². The van der Waals surface area contributed by atoms with Crippen LogP contribution in [-0.4, -0.2) is 13.0 Å². The summed E-state index contributed by atoms with van der Waals surface area (Å²) in [5.74, 6) is 0.490. The molecule has 2 aromatic carbocycles. The number of rotatable bonds is 3. The van der Waals surface area contributed by atoms with Gasteiger partial charge in [0.1, 0.15) is 5.75 Å². The highest BCUT2D eigenvalue weighted by atomic mass is 79.9. The van der Waals surface area contributed by atoms with Gasteiger partial charge in [-0.15, -0.1) is 0 Å². The predicted molar refractivity (Wildman–Crippen MR) is 84.2 cm³/mol. The number of hydrogen-bond acceptors (Lipinski definition) is 3. The summed E-state index contributed by atoms with van der Waals surface area (Å²) in [4.78, 5) is 12.2. The van der Waals surface area contributed by atoms with Crippen LogP contribution in [0, 0.1) is 6.92 Å². The number of ether oxygens (including phenoxy) is 1. The molecular formula is C15H15BrN2O2. The molecule has 1 amide bonds. The summed E-state index contributed by atoms with van der Waals surface area (Å²) in [7, 11) is 1.58. The molecule has 0 aromatic heterocycles. The van der Waals surface area contributed by atoms with Crippen molar-refractivity contribution in [3.63, 3.8) is 0 Å². The van der Waals surface area contributed by atoms with Crippen molar-refractivity contribution in [2.24, 2.45) is 0 Å². The number of carbonyl (C=O) groups is 1. The molecule has 104 valence electrons. The van der Waals surface area contributed by atoms with Crippen molar-refractivity contribution in [1.29, 1.82) is 0 Å². The second-order valence-electron chi connectivity index (χ2n) is 4.38. The second kappa shape index (κ2) is 5.96. The smallest absolute Gasteiger partial charge is 0.255 e. The van der Waals surface area contributed by atoms with E-state index in [4.69, 9.17) is 10.5 Å². The number of methoxy groups -OCH3 is 1. The number of anilines is 2. The van der Waals surface area contributed by atoms with Crippen molar-refractivity contribution in [1.82, 2.24) is 0 Å². The number of nitrogens with two attached hydrogens (primary N) is 1. The van der Waals surface area contributed by atoms with Crippen LogP contribution in [0.25, 0.3) is 0 Å². The van der Waals surface area contributed by atoms with Crippen LogP contribution >= 0.6 is 15.9 Å². The summed E-state index contributed by atoms with van der Waals surface area (Å²) in [6.07, 6.45) is 0. The Kier molecular flexibility index (Phi) is 4.29. The third-order valence-corrected chi connectivity index (χ3v) is 3.56. The van der Waals surface area contributed by atoms with E-state index in [9.17, 15) is 4.79 Å². The van der Waals surface area contributed by atoms with Crippen LogP contribution in [0.15, 0.2) is 40.9 Å². The van der Waals surface area contributed by atoms with Gasteiger partial charge < -0.3 is 15.8 Å². The van der Waals surface area contributed by atoms with Gasteiger partial charge in [0.25, 0.3) is 5.91 Å². The Labute approximate surface area is 126 Å². The van der Waals surface area contributed by atoms with Gasteiger partial charge in [0.05, 0.1) is 11.6 Å². The fraction of sp³-hybridized carbons (Fsp3) is 0.133. The van der Waals surface area contributed by atoms with Crippen molar-refractivity contribution in [3.05, 3.63) is 52.0 Å². The average molecular weight is 335 g/mol. The van der Waals surface area contributed by atoms with E-state index in [-0.39, 0.29) is 5.91 Å². The number of hydrogen-bond donors (Lipinski definition) is 2. The van der Waals surface area contributed by atoms with Gasteiger partial charge in [-0.2, -0.15) is 0 Å².